The second kappa shape index (κ2) is 4.33. The summed E-state index contributed by atoms with van der Waals surface area (Å²) in [5.74, 6) is 1.03. The quantitative estimate of drug-likeness (QED) is 0.897. The number of hydrogen-bond donors (Lipinski definition) is 2. The molecule has 0 unspecified atom stereocenters. The summed E-state index contributed by atoms with van der Waals surface area (Å²) in [6, 6.07) is 4.21. The van der Waals surface area contributed by atoms with E-state index >= 15 is 0 Å². The van der Waals surface area contributed by atoms with Crippen molar-refractivity contribution in [3.05, 3.63) is 28.0 Å². The van der Waals surface area contributed by atoms with Gasteiger partial charge < -0.3 is 10.3 Å². The number of hydrogen-bond acceptors (Lipinski definition) is 2. The zero-order chi connectivity index (χ0) is 10.8. The number of benzene rings is 1. The Balaban J connectivity index is 2.41. The summed E-state index contributed by atoms with van der Waals surface area (Å²) >= 11 is 3.53. The van der Waals surface area contributed by atoms with Crippen LogP contribution in [0.4, 0.5) is 0 Å². The maximum atomic E-state index is 4.55. The molecule has 0 atom stereocenters. The highest BCUT2D eigenvalue weighted by Crippen LogP contribution is 2.23. The van der Waals surface area contributed by atoms with Gasteiger partial charge in [0, 0.05) is 17.4 Å². The summed E-state index contributed by atoms with van der Waals surface area (Å²) in [6.07, 6.45) is 0.927. The first-order valence-corrected chi connectivity index (χ1v) is 5.79. The van der Waals surface area contributed by atoms with E-state index in [1.54, 1.807) is 0 Å². The van der Waals surface area contributed by atoms with Crippen molar-refractivity contribution in [2.45, 2.75) is 13.3 Å². The van der Waals surface area contributed by atoms with E-state index in [0.717, 1.165) is 34.3 Å². The molecule has 0 aliphatic rings. The van der Waals surface area contributed by atoms with Crippen molar-refractivity contribution >= 4 is 27.0 Å². The third-order valence-electron chi connectivity index (χ3n) is 2.35. The van der Waals surface area contributed by atoms with Crippen molar-refractivity contribution in [2.75, 3.05) is 13.6 Å². The Morgan fingerprint density at radius 3 is 3.00 bits per heavy atom. The Hall–Kier alpha value is -0.870. The Bertz CT molecular complexity index is 476. The van der Waals surface area contributed by atoms with Crippen molar-refractivity contribution in [3.63, 3.8) is 0 Å². The van der Waals surface area contributed by atoms with Crippen LogP contribution in [0, 0.1) is 6.92 Å². The number of aromatic amines is 1. The molecule has 0 amide bonds. The molecular weight excluding hydrogens is 254 g/mol. The van der Waals surface area contributed by atoms with Crippen LogP contribution in [0.5, 0.6) is 0 Å². The summed E-state index contributed by atoms with van der Waals surface area (Å²) < 4.78 is 1.06. The number of likely N-dealkylation sites (N-methyl/N-ethyl adjacent to an activating group) is 1. The number of aryl methyl sites for hydroxylation is 1. The number of aromatic nitrogens is 2. The smallest absolute Gasteiger partial charge is 0.108 e. The first-order valence-electron chi connectivity index (χ1n) is 5.00. The first-order chi connectivity index (χ1) is 7.20. The van der Waals surface area contributed by atoms with Crippen LogP contribution in [0.1, 0.15) is 11.4 Å². The molecule has 3 nitrogen and oxygen atoms in total. The molecule has 0 saturated heterocycles. The van der Waals surface area contributed by atoms with Gasteiger partial charge in [0.15, 0.2) is 0 Å². The van der Waals surface area contributed by atoms with Crippen LogP contribution in [-0.2, 0) is 6.42 Å². The highest BCUT2D eigenvalue weighted by Gasteiger charge is 2.06. The molecule has 2 rings (SSSR count). The average molecular weight is 268 g/mol. The first kappa shape index (κ1) is 10.6. The minimum absolute atomic E-state index is 0.927. The molecule has 0 aliphatic heterocycles. The number of rotatable bonds is 3. The van der Waals surface area contributed by atoms with E-state index in [1.165, 1.54) is 5.56 Å². The maximum Gasteiger partial charge on any atom is 0.108 e. The van der Waals surface area contributed by atoms with Gasteiger partial charge in [-0.15, -0.1) is 0 Å². The zero-order valence-electron chi connectivity index (χ0n) is 8.89. The van der Waals surface area contributed by atoms with Crippen LogP contribution in [-0.4, -0.2) is 23.6 Å². The zero-order valence-corrected chi connectivity index (χ0v) is 10.5. The van der Waals surface area contributed by atoms with E-state index in [0.29, 0.717) is 0 Å². The van der Waals surface area contributed by atoms with Crippen LogP contribution in [0.3, 0.4) is 0 Å². The van der Waals surface area contributed by atoms with Crippen molar-refractivity contribution in [1.29, 1.82) is 0 Å². The van der Waals surface area contributed by atoms with E-state index in [-0.39, 0.29) is 0 Å². The van der Waals surface area contributed by atoms with Crippen molar-refractivity contribution < 1.29 is 0 Å². The molecule has 1 heterocycles. The fraction of sp³-hybridized carbons (Fsp3) is 0.364. The van der Waals surface area contributed by atoms with Crippen molar-refractivity contribution in [1.82, 2.24) is 15.3 Å². The van der Waals surface area contributed by atoms with Gasteiger partial charge in [-0.05, 0) is 47.6 Å². The number of H-pyrrole nitrogens is 1. The largest absolute Gasteiger partial charge is 0.342 e. The lowest BCUT2D eigenvalue weighted by Crippen LogP contribution is -2.10. The number of nitrogens with one attached hydrogen (secondary N) is 2. The van der Waals surface area contributed by atoms with E-state index in [4.69, 9.17) is 0 Å². The van der Waals surface area contributed by atoms with E-state index in [1.807, 2.05) is 7.05 Å². The van der Waals surface area contributed by atoms with Crippen LogP contribution >= 0.6 is 15.9 Å². The topological polar surface area (TPSA) is 40.7 Å². The normalized spacial score (nSPS) is 11.1. The highest BCUT2D eigenvalue weighted by atomic mass is 79.9. The third kappa shape index (κ3) is 2.21. The maximum absolute atomic E-state index is 4.55. The molecule has 4 heteroatoms. The fourth-order valence-corrected chi connectivity index (χ4v) is 2.29. The molecule has 0 fully saturated rings. The molecule has 1 aromatic carbocycles. The summed E-state index contributed by atoms with van der Waals surface area (Å²) in [4.78, 5) is 7.88. The third-order valence-corrected chi connectivity index (χ3v) is 2.95. The monoisotopic (exact) mass is 267 g/mol. The highest BCUT2D eigenvalue weighted by molar-refractivity contribution is 9.10. The van der Waals surface area contributed by atoms with E-state index in [2.05, 4.69) is 50.3 Å². The molecule has 0 radical (unpaired) electrons. The van der Waals surface area contributed by atoms with Crippen LogP contribution in [0.2, 0.25) is 0 Å². The van der Waals surface area contributed by atoms with Gasteiger partial charge in [-0.25, -0.2) is 4.98 Å². The summed E-state index contributed by atoms with van der Waals surface area (Å²) in [7, 11) is 1.95. The number of imidazole rings is 1. The van der Waals surface area contributed by atoms with Crippen LogP contribution in [0.15, 0.2) is 16.6 Å². The van der Waals surface area contributed by atoms with Gasteiger partial charge in [0.05, 0.1) is 5.52 Å². The molecule has 15 heavy (non-hydrogen) atoms. The minimum Gasteiger partial charge on any atom is -0.342 e. The van der Waals surface area contributed by atoms with Crippen LogP contribution < -0.4 is 5.32 Å². The van der Waals surface area contributed by atoms with Gasteiger partial charge in [-0.2, -0.15) is 0 Å². The van der Waals surface area contributed by atoms with Gasteiger partial charge >= 0.3 is 0 Å². The summed E-state index contributed by atoms with van der Waals surface area (Å²) in [6.45, 7) is 3.02. The molecule has 0 saturated carbocycles. The lowest BCUT2D eigenvalue weighted by molar-refractivity contribution is 0.766. The lowest BCUT2D eigenvalue weighted by Gasteiger charge is -1.94. The van der Waals surface area contributed by atoms with Gasteiger partial charge in [-0.3, -0.25) is 0 Å². The molecule has 2 N–H and O–H groups in total. The lowest BCUT2D eigenvalue weighted by atomic mass is 10.2. The molecule has 2 aromatic rings. The number of nitrogens with zero attached hydrogens (tertiary/aromatic N) is 1. The van der Waals surface area contributed by atoms with Gasteiger partial charge in [-0.1, -0.05) is 0 Å². The Morgan fingerprint density at radius 2 is 2.27 bits per heavy atom. The second-order valence-corrected chi connectivity index (χ2v) is 4.53. The van der Waals surface area contributed by atoms with Crippen molar-refractivity contribution in [3.8, 4) is 0 Å². The van der Waals surface area contributed by atoms with E-state index < -0.39 is 0 Å². The molecule has 0 bridgehead atoms. The Labute approximate surface area is 97.4 Å². The van der Waals surface area contributed by atoms with Crippen molar-refractivity contribution in [2.24, 2.45) is 0 Å². The standard InChI is InChI=1S/C11H14BrN3/c1-7-5-8(12)11-9(6-7)14-10(15-11)3-4-13-2/h5-6,13H,3-4H2,1-2H3,(H,14,15). The number of halogens is 1. The van der Waals surface area contributed by atoms with Crippen LogP contribution in [0.25, 0.3) is 11.0 Å². The number of fused-ring (bicyclic) bond motifs is 1. The Kier molecular flexibility index (Phi) is 3.07. The molecule has 0 spiro atoms. The Morgan fingerprint density at radius 1 is 1.47 bits per heavy atom. The SMILES string of the molecule is CNCCc1nc2c(Br)cc(C)cc2[nH]1. The molecular formula is C11H14BrN3. The van der Waals surface area contributed by atoms with Gasteiger partial charge in [0.1, 0.15) is 11.3 Å². The molecule has 0 aliphatic carbocycles. The average Bonchev–Trinajstić information content (AvgIpc) is 2.57. The predicted molar refractivity (Wildman–Crippen MR) is 66.2 cm³/mol. The molecule has 1 aromatic heterocycles. The minimum atomic E-state index is 0.927. The summed E-state index contributed by atoms with van der Waals surface area (Å²) in [5, 5.41) is 3.11. The second-order valence-electron chi connectivity index (χ2n) is 3.68. The summed E-state index contributed by atoms with van der Waals surface area (Å²) in [5.41, 5.74) is 3.36. The fourth-order valence-electron chi connectivity index (χ4n) is 1.62. The van der Waals surface area contributed by atoms with Gasteiger partial charge in [0.2, 0.25) is 0 Å². The van der Waals surface area contributed by atoms with Gasteiger partial charge in [0.25, 0.3) is 0 Å². The predicted octanol–water partition coefficient (Wildman–Crippen LogP) is 2.40. The van der Waals surface area contributed by atoms with E-state index in [9.17, 15) is 0 Å². The molecule has 80 valence electrons.